The van der Waals surface area contributed by atoms with Gasteiger partial charge in [0.25, 0.3) is 5.91 Å². The SMILES string of the molecule is CCOC(=O)CN(C(=O)CN1CCN(C(=O)C2CCCO2)CC1)c1ccccc1. The Labute approximate surface area is 171 Å². The van der Waals surface area contributed by atoms with Crippen LogP contribution in [0.4, 0.5) is 5.69 Å². The van der Waals surface area contributed by atoms with Crippen molar-refractivity contribution >= 4 is 23.5 Å². The van der Waals surface area contributed by atoms with E-state index >= 15 is 0 Å². The fourth-order valence-electron chi connectivity index (χ4n) is 3.65. The molecule has 2 saturated heterocycles. The Morgan fingerprint density at radius 2 is 1.86 bits per heavy atom. The highest BCUT2D eigenvalue weighted by Gasteiger charge is 2.31. The third-order valence-electron chi connectivity index (χ3n) is 5.21. The fraction of sp³-hybridized carbons (Fsp3) is 0.571. The molecule has 8 nitrogen and oxygen atoms in total. The van der Waals surface area contributed by atoms with Gasteiger partial charge in [0.15, 0.2) is 0 Å². The van der Waals surface area contributed by atoms with Gasteiger partial charge in [0.1, 0.15) is 12.6 Å². The molecule has 1 unspecified atom stereocenters. The minimum Gasteiger partial charge on any atom is -0.465 e. The van der Waals surface area contributed by atoms with E-state index in [1.807, 2.05) is 28.0 Å². The fourth-order valence-corrected chi connectivity index (χ4v) is 3.65. The number of anilines is 1. The number of nitrogens with zero attached hydrogens (tertiary/aromatic N) is 3. The van der Waals surface area contributed by atoms with Crippen LogP contribution in [0.3, 0.4) is 0 Å². The quantitative estimate of drug-likeness (QED) is 0.630. The zero-order chi connectivity index (χ0) is 20.6. The molecule has 0 aliphatic carbocycles. The molecular weight excluding hydrogens is 374 g/mol. The Morgan fingerprint density at radius 1 is 1.14 bits per heavy atom. The van der Waals surface area contributed by atoms with Crippen LogP contribution in [-0.2, 0) is 23.9 Å². The summed E-state index contributed by atoms with van der Waals surface area (Å²) in [5, 5.41) is 0. The summed E-state index contributed by atoms with van der Waals surface area (Å²) in [6.07, 6.45) is 1.42. The van der Waals surface area contributed by atoms with E-state index in [1.54, 1.807) is 19.1 Å². The molecule has 2 fully saturated rings. The number of amides is 2. The van der Waals surface area contributed by atoms with Gasteiger partial charge < -0.3 is 19.3 Å². The summed E-state index contributed by atoms with van der Waals surface area (Å²) in [5.74, 6) is -0.540. The maximum Gasteiger partial charge on any atom is 0.326 e. The maximum atomic E-state index is 13.0. The van der Waals surface area contributed by atoms with E-state index in [0.717, 1.165) is 12.8 Å². The molecule has 0 saturated carbocycles. The predicted octanol–water partition coefficient (Wildman–Crippen LogP) is 0.906. The van der Waals surface area contributed by atoms with Crippen molar-refractivity contribution in [1.82, 2.24) is 9.80 Å². The first kappa shape index (κ1) is 21.3. The van der Waals surface area contributed by atoms with Crippen molar-refractivity contribution in [2.24, 2.45) is 0 Å². The van der Waals surface area contributed by atoms with Gasteiger partial charge in [-0.1, -0.05) is 18.2 Å². The van der Waals surface area contributed by atoms with Gasteiger partial charge in [-0.25, -0.2) is 0 Å². The molecule has 8 heteroatoms. The number of piperazine rings is 1. The second kappa shape index (κ2) is 10.4. The van der Waals surface area contributed by atoms with E-state index in [4.69, 9.17) is 9.47 Å². The average Bonchev–Trinajstić information content (AvgIpc) is 3.28. The molecule has 2 amide bonds. The number of benzene rings is 1. The summed E-state index contributed by atoms with van der Waals surface area (Å²) < 4.78 is 10.5. The molecule has 2 heterocycles. The number of ether oxygens (including phenoxy) is 2. The van der Waals surface area contributed by atoms with Crippen LogP contribution >= 0.6 is 0 Å². The Balaban J connectivity index is 1.55. The van der Waals surface area contributed by atoms with Crippen LogP contribution in [0, 0.1) is 0 Å². The van der Waals surface area contributed by atoms with Crippen LogP contribution in [0.25, 0.3) is 0 Å². The number of rotatable bonds is 7. The number of para-hydroxylation sites is 1. The number of esters is 1. The van der Waals surface area contributed by atoms with E-state index in [9.17, 15) is 14.4 Å². The molecule has 1 atom stereocenters. The van der Waals surface area contributed by atoms with Gasteiger partial charge in [0.2, 0.25) is 5.91 Å². The number of carbonyl (C=O) groups is 3. The van der Waals surface area contributed by atoms with Gasteiger partial charge in [0, 0.05) is 38.5 Å². The van der Waals surface area contributed by atoms with Crippen molar-refractivity contribution in [3.63, 3.8) is 0 Å². The summed E-state index contributed by atoms with van der Waals surface area (Å²) >= 11 is 0. The minimum absolute atomic E-state index is 0.0571. The zero-order valence-corrected chi connectivity index (χ0v) is 16.9. The van der Waals surface area contributed by atoms with E-state index in [-0.39, 0.29) is 37.6 Å². The highest BCUT2D eigenvalue weighted by Crippen LogP contribution is 2.17. The molecule has 2 aliphatic rings. The average molecular weight is 403 g/mol. The Morgan fingerprint density at radius 3 is 2.48 bits per heavy atom. The molecule has 0 aromatic heterocycles. The Hall–Kier alpha value is -2.45. The summed E-state index contributed by atoms with van der Waals surface area (Å²) in [6, 6.07) is 9.12. The van der Waals surface area contributed by atoms with Crippen molar-refractivity contribution in [2.45, 2.75) is 25.9 Å². The standard InChI is InChI=1S/C21H29N3O5/c1-2-28-20(26)16-24(17-7-4-3-5-8-17)19(25)15-22-10-12-23(13-11-22)21(27)18-9-6-14-29-18/h3-5,7-8,18H,2,6,9-16H2,1H3. The maximum absolute atomic E-state index is 13.0. The summed E-state index contributed by atoms with van der Waals surface area (Å²) in [6.45, 7) is 5.13. The lowest BCUT2D eigenvalue weighted by atomic mass is 10.2. The van der Waals surface area contributed by atoms with Gasteiger partial charge in [-0.2, -0.15) is 0 Å². The minimum atomic E-state index is -0.434. The first-order valence-corrected chi connectivity index (χ1v) is 10.2. The number of hydrogen-bond donors (Lipinski definition) is 0. The first-order chi connectivity index (χ1) is 14.1. The molecule has 0 bridgehead atoms. The van der Waals surface area contributed by atoms with Crippen LogP contribution in [0.1, 0.15) is 19.8 Å². The third-order valence-corrected chi connectivity index (χ3v) is 5.21. The largest absolute Gasteiger partial charge is 0.465 e. The molecule has 1 aromatic rings. The normalized spacial score (nSPS) is 19.8. The lowest BCUT2D eigenvalue weighted by Gasteiger charge is -2.36. The van der Waals surface area contributed by atoms with Gasteiger partial charge in [0.05, 0.1) is 13.2 Å². The van der Waals surface area contributed by atoms with Crippen molar-refractivity contribution in [3.05, 3.63) is 30.3 Å². The number of carbonyl (C=O) groups excluding carboxylic acids is 3. The van der Waals surface area contributed by atoms with E-state index < -0.39 is 5.97 Å². The topological polar surface area (TPSA) is 79.4 Å². The third kappa shape index (κ3) is 5.77. The van der Waals surface area contributed by atoms with Crippen LogP contribution in [-0.4, -0.2) is 86.2 Å². The monoisotopic (exact) mass is 403 g/mol. The molecular formula is C21H29N3O5. The van der Waals surface area contributed by atoms with Gasteiger partial charge in [-0.3, -0.25) is 19.3 Å². The van der Waals surface area contributed by atoms with Crippen molar-refractivity contribution in [2.75, 3.05) is 57.4 Å². The predicted molar refractivity (Wildman–Crippen MR) is 107 cm³/mol. The lowest BCUT2D eigenvalue weighted by Crippen LogP contribution is -2.53. The molecule has 2 aliphatic heterocycles. The van der Waals surface area contributed by atoms with Crippen LogP contribution < -0.4 is 4.90 Å². The first-order valence-electron chi connectivity index (χ1n) is 10.2. The lowest BCUT2D eigenvalue weighted by molar-refractivity contribution is -0.144. The second-order valence-electron chi connectivity index (χ2n) is 7.22. The molecule has 0 radical (unpaired) electrons. The molecule has 29 heavy (non-hydrogen) atoms. The second-order valence-corrected chi connectivity index (χ2v) is 7.22. The van der Waals surface area contributed by atoms with Crippen LogP contribution in [0.15, 0.2) is 30.3 Å². The molecule has 0 N–H and O–H groups in total. The summed E-state index contributed by atoms with van der Waals surface area (Å²) in [4.78, 5) is 42.7. The molecule has 3 rings (SSSR count). The van der Waals surface area contributed by atoms with Gasteiger partial charge in [-0.05, 0) is 31.9 Å². The van der Waals surface area contributed by atoms with Crippen LogP contribution in [0.5, 0.6) is 0 Å². The van der Waals surface area contributed by atoms with Crippen LogP contribution in [0.2, 0.25) is 0 Å². The van der Waals surface area contributed by atoms with E-state index in [1.165, 1.54) is 4.90 Å². The van der Waals surface area contributed by atoms with Crippen molar-refractivity contribution in [3.8, 4) is 0 Å². The van der Waals surface area contributed by atoms with Gasteiger partial charge >= 0.3 is 5.97 Å². The highest BCUT2D eigenvalue weighted by molar-refractivity contribution is 5.98. The molecule has 158 valence electrons. The van der Waals surface area contributed by atoms with E-state index in [2.05, 4.69) is 0 Å². The van der Waals surface area contributed by atoms with E-state index in [0.29, 0.717) is 38.5 Å². The van der Waals surface area contributed by atoms with Crippen molar-refractivity contribution in [1.29, 1.82) is 0 Å². The zero-order valence-electron chi connectivity index (χ0n) is 16.9. The summed E-state index contributed by atoms with van der Waals surface area (Å²) in [7, 11) is 0. The summed E-state index contributed by atoms with van der Waals surface area (Å²) in [5.41, 5.74) is 0.665. The van der Waals surface area contributed by atoms with Gasteiger partial charge in [-0.15, -0.1) is 0 Å². The molecule has 0 spiro atoms. The number of hydrogen-bond acceptors (Lipinski definition) is 6. The smallest absolute Gasteiger partial charge is 0.326 e. The molecule has 1 aromatic carbocycles. The Kier molecular flexibility index (Phi) is 7.60. The van der Waals surface area contributed by atoms with Crippen molar-refractivity contribution < 1.29 is 23.9 Å². The Bertz CT molecular complexity index is 698. The highest BCUT2D eigenvalue weighted by atomic mass is 16.5.